The molecule has 0 saturated carbocycles. The standard InChI is InChI=1S/C18H26N4O3/c1-20-9-6-14(17(20)23)21-10-4-13(5-11-21)16-19-12-15(25-16)18(24)22-7-2-3-8-22/h12-14H,2-11H2,1H3. The van der Waals surface area contributed by atoms with Crippen molar-refractivity contribution in [3.05, 3.63) is 17.8 Å². The van der Waals surface area contributed by atoms with Crippen LogP contribution in [0.1, 0.15) is 54.5 Å². The minimum Gasteiger partial charge on any atom is -0.435 e. The number of oxazole rings is 1. The molecule has 3 fully saturated rings. The van der Waals surface area contributed by atoms with E-state index in [2.05, 4.69) is 9.88 Å². The van der Waals surface area contributed by atoms with E-state index in [1.165, 1.54) is 0 Å². The number of hydrogen-bond donors (Lipinski definition) is 0. The van der Waals surface area contributed by atoms with E-state index in [1.807, 2.05) is 16.8 Å². The van der Waals surface area contributed by atoms with Crippen LogP contribution in [-0.4, -0.2) is 77.3 Å². The third kappa shape index (κ3) is 3.17. The molecule has 4 rings (SSSR count). The molecule has 1 unspecified atom stereocenters. The van der Waals surface area contributed by atoms with Crippen LogP contribution in [0.2, 0.25) is 0 Å². The maximum absolute atomic E-state index is 12.4. The van der Waals surface area contributed by atoms with Gasteiger partial charge in [-0.15, -0.1) is 0 Å². The summed E-state index contributed by atoms with van der Waals surface area (Å²) in [4.78, 5) is 34.9. The maximum Gasteiger partial charge on any atom is 0.291 e. The molecule has 1 atom stereocenters. The summed E-state index contributed by atoms with van der Waals surface area (Å²) in [7, 11) is 1.88. The van der Waals surface area contributed by atoms with Crippen molar-refractivity contribution in [3.8, 4) is 0 Å². The normalized spacial score (nSPS) is 26.0. The summed E-state index contributed by atoms with van der Waals surface area (Å²) in [6.45, 7) is 4.25. The minimum absolute atomic E-state index is 0.0340. The zero-order chi connectivity index (χ0) is 17.4. The Hall–Kier alpha value is -1.89. The van der Waals surface area contributed by atoms with Crippen molar-refractivity contribution in [2.24, 2.45) is 0 Å². The number of carbonyl (C=O) groups is 2. The molecule has 2 amide bonds. The van der Waals surface area contributed by atoms with Gasteiger partial charge in [0.1, 0.15) is 0 Å². The van der Waals surface area contributed by atoms with Crippen LogP contribution < -0.4 is 0 Å². The minimum atomic E-state index is -0.0340. The second-order valence-electron chi connectivity index (χ2n) is 7.44. The molecule has 0 bridgehead atoms. The van der Waals surface area contributed by atoms with Crippen molar-refractivity contribution in [2.45, 2.75) is 44.1 Å². The topological polar surface area (TPSA) is 69.9 Å². The zero-order valence-corrected chi connectivity index (χ0v) is 14.8. The second-order valence-corrected chi connectivity index (χ2v) is 7.44. The van der Waals surface area contributed by atoms with Gasteiger partial charge in [-0.2, -0.15) is 0 Å². The van der Waals surface area contributed by atoms with Gasteiger partial charge in [0.25, 0.3) is 5.91 Å². The summed E-state index contributed by atoms with van der Waals surface area (Å²) in [5, 5.41) is 0. The molecule has 136 valence electrons. The molecule has 3 aliphatic rings. The van der Waals surface area contributed by atoms with Crippen LogP contribution in [0.4, 0.5) is 0 Å². The van der Waals surface area contributed by atoms with Crippen molar-refractivity contribution < 1.29 is 14.0 Å². The van der Waals surface area contributed by atoms with E-state index in [0.29, 0.717) is 11.7 Å². The molecule has 3 aliphatic heterocycles. The Balaban J connectivity index is 1.35. The predicted molar refractivity (Wildman–Crippen MR) is 91.2 cm³/mol. The molecule has 0 aliphatic carbocycles. The summed E-state index contributed by atoms with van der Waals surface area (Å²) in [5.74, 6) is 1.50. The third-order valence-corrected chi connectivity index (χ3v) is 5.85. The van der Waals surface area contributed by atoms with Gasteiger partial charge in [0.2, 0.25) is 11.7 Å². The van der Waals surface area contributed by atoms with Gasteiger partial charge in [-0.1, -0.05) is 0 Å². The molecule has 0 radical (unpaired) electrons. The first-order valence-electron chi connectivity index (χ1n) is 9.37. The summed E-state index contributed by atoms with van der Waals surface area (Å²) in [5.41, 5.74) is 0. The first-order chi connectivity index (χ1) is 12.1. The number of amides is 2. The van der Waals surface area contributed by atoms with Crippen molar-refractivity contribution in [1.82, 2.24) is 19.7 Å². The molecule has 0 spiro atoms. The molecule has 1 aromatic rings. The molecule has 7 heteroatoms. The average Bonchev–Trinajstić information content (AvgIpc) is 3.37. The first kappa shape index (κ1) is 16.6. The van der Waals surface area contributed by atoms with Gasteiger partial charge in [-0.05, 0) is 45.2 Å². The highest BCUT2D eigenvalue weighted by Crippen LogP contribution is 2.30. The van der Waals surface area contributed by atoms with Crippen LogP contribution in [-0.2, 0) is 4.79 Å². The molecule has 25 heavy (non-hydrogen) atoms. The lowest BCUT2D eigenvalue weighted by atomic mass is 9.95. The Morgan fingerprint density at radius 1 is 1.12 bits per heavy atom. The molecule has 0 aromatic carbocycles. The van der Waals surface area contributed by atoms with Gasteiger partial charge >= 0.3 is 0 Å². The molecular formula is C18H26N4O3. The Kier molecular flexibility index (Phi) is 4.50. The number of likely N-dealkylation sites (N-methyl/N-ethyl adjacent to an activating group) is 1. The fraction of sp³-hybridized carbons (Fsp3) is 0.722. The average molecular weight is 346 g/mol. The Morgan fingerprint density at radius 3 is 2.48 bits per heavy atom. The van der Waals surface area contributed by atoms with Crippen LogP contribution in [0.15, 0.2) is 10.6 Å². The van der Waals surface area contributed by atoms with E-state index < -0.39 is 0 Å². The summed E-state index contributed by atoms with van der Waals surface area (Å²) < 4.78 is 5.80. The summed E-state index contributed by atoms with van der Waals surface area (Å²) >= 11 is 0. The van der Waals surface area contributed by atoms with Gasteiger partial charge in [0.15, 0.2) is 5.89 Å². The van der Waals surface area contributed by atoms with Crippen LogP contribution in [0.3, 0.4) is 0 Å². The number of rotatable bonds is 3. The molecule has 4 heterocycles. The van der Waals surface area contributed by atoms with Crippen molar-refractivity contribution in [1.29, 1.82) is 0 Å². The lowest BCUT2D eigenvalue weighted by Gasteiger charge is -2.33. The van der Waals surface area contributed by atoms with Gasteiger partial charge in [0, 0.05) is 32.6 Å². The largest absolute Gasteiger partial charge is 0.435 e. The van der Waals surface area contributed by atoms with Crippen molar-refractivity contribution in [2.75, 3.05) is 39.8 Å². The molecule has 0 N–H and O–H groups in total. The molecule has 1 aromatic heterocycles. The fourth-order valence-corrected chi connectivity index (χ4v) is 4.25. The van der Waals surface area contributed by atoms with E-state index in [0.717, 1.165) is 64.8 Å². The van der Waals surface area contributed by atoms with Gasteiger partial charge < -0.3 is 14.2 Å². The van der Waals surface area contributed by atoms with E-state index in [-0.39, 0.29) is 23.8 Å². The molecule has 7 nitrogen and oxygen atoms in total. The lowest BCUT2D eigenvalue weighted by molar-refractivity contribution is -0.131. The van der Waals surface area contributed by atoms with E-state index >= 15 is 0 Å². The Morgan fingerprint density at radius 2 is 1.84 bits per heavy atom. The maximum atomic E-state index is 12.4. The van der Waals surface area contributed by atoms with E-state index in [4.69, 9.17) is 4.42 Å². The number of piperidine rings is 1. The van der Waals surface area contributed by atoms with E-state index in [9.17, 15) is 9.59 Å². The number of aromatic nitrogens is 1. The van der Waals surface area contributed by atoms with Crippen molar-refractivity contribution in [3.63, 3.8) is 0 Å². The number of nitrogens with zero attached hydrogens (tertiary/aromatic N) is 4. The highest BCUT2D eigenvalue weighted by molar-refractivity contribution is 5.91. The highest BCUT2D eigenvalue weighted by atomic mass is 16.4. The van der Waals surface area contributed by atoms with Gasteiger partial charge in [-0.25, -0.2) is 4.98 Å². The summed E-state index contributed by atoms with van der Waals surface area (Å²) in [6.07, 6.45) is 6.49. The van der Waals surface area contributed by atoms with Crippen molar-refractivity contribution >= 4 is 11.8 Å². The third-order valence-electron chi connectivity index (χ3n) is 5.85. The predicted octanol–water partition coefficient (Wildman–Crippen LogP) is 1.32. The molecule has 3 saturated heterocycles. The monoisotopic (exact) mass is 346 g/mol. The SMILES string of the molecule is CN1CCC(N2CCC(c3ncc(C(=O)N4CCCC4)o3)CC2)C1=O. The Labute approximate surface area is 148 Å². The Bertz CT molecular complexity index is 645. The fourth-order valence-electron chi connectivity index (χ4n) is 4.25. The quantitative estimate of drug-likeness (QED) is 0.826. The number of carbonyl (C=O) groups excluding carboxylic acids is 2. The van der Waals surface area contributed by atoms with Crippen LogP contribution in [0.25, 0.3) is 0 Å². The summed E-state index contributed by atoms with van der Waals surface area (Å²) in [6, 6.07) is 0.0443. The smallest absolute Gasteiger partial charge is 0.291 e. The van der Waals surface area contributed by atoms with Crippen LogP contribution in [0.5, 0.6) is 0 Å². The van der Waals surface area contributed by atoms with Crippen LogP contribution >= 0.6 is 0 Å². The zero-order valence-electron chi connectivity index (χ0n) is 14.8. The second kappa shape index (κ2) is 6.78. The van der Waals surface area contributed by atoms with Gasteiger partial charge in [0.05, 0.1) is 12.2 Å². The highest BCUT2D eigenvalue weighted by Gasteiger charge is 2.36. The first-order valence-corrected chi connectivity index (χ1v) is 9.37. The number of hydrogen-bond acceptors (Lipinski definition) is 5. The number of likely N-dealkylation sites (tertiary alicyclic amines) is 3. The van der Waals surface area contributed by atoms with Gasteiger partial charge in [-0.3, -0.25) is 14.5 Å². The van der Waals surface area contributed by atoms with E-state index in [1.54, 1.807) is 6.20 Å². The van der Waals surface area contributed by atoms with Crippen LogP contribution in [0, 0.1) is 0 Å². The lowest BCUT2D eigenvalue weighted by Crippen LogP contribution is -2.45. The molecular weight excluding hydrogens is 320 g/mol.